The molecule has 0 aliphatic carbocycles. The first kappa shape index (κ1) is 27.2. The van der Waals surface area contributed by atoms with Crippen molar-refractivity contribution in [3.63, 3.8) is 0 Å². The zero-order valence-electron chi connectivity index (χ0n) is 23.1. The summed E-state index contributed by atoms with van der Waals surface area (Å²) >= 11 is 0. The maximum Gasteiger partial charge on any atom is 0.410 e. The molecule has 0 atom stereocenters. The number of ether oxygens (including phenoxy) is 1. The van der Waals surface area contributed by atoms with Gasteiger partial charge in [0, 0.05) is 18.7 Å². The number of benzene rings is 3. The van der Waals surface area contributed by atoms with E-state index in [1.807, 2.05) is 58.9 Å². The van der Waals surface area contributed by atoms with Crippen molar-refractivity contribution in [3.8, 4) is 22.3 Å². The lowest BCUT2D eigenvalue weighted by Crippen LogP contribution is -2.41. The number of nitrogens with zero attached hydrogens (tertiary/aromatic N) is 1. The molecule has 0 unspecified atom stereocenters. The summed E-state index contributed by atoms with van der Waals surface area (Å²) in [6, 6.07) is 22.7. The van der Waals surface area contributed by atoms with Crippen LogP contribution in [-0.2, 0) is 4.74 Å². The Morgan fingerprint density at radius 2 is 1.39 bits per heavy atom. The van der Waals surface area contributed by atoms with Crippen LogP contribution in [0.2, 0.25) is 0 Å². The first-order valence-electron chi connectivity index (χ1n) is 13.3. The van der Waals surface area contributed by atoms with Crippen LogP contribution in [0.15, 0.2) is 72.8 Å². The van der Waals surface area contributed by atoms with E-state index in [9.17, 15) is 9.59 Å². The molecule has 0 spiro atoms. The number of carbonyl (C=O) groups excluding carboxylic acids is 2. The van der Waals surface area contributed by atoms with E-state index < -0.39 is 11.5 Å². The van der Waals surface area contributed by atoms with E-state index in [-0.39, 0.29) is 12.0 Å². The Morgan fingerprint density at radius 1 is 0.868 bits per heavy atom. The number of piperidine rings is 1. The van der Waals surface area contributed by atoms with Crippen molar-refractivity contribution >= 4 is 17.6 Å². The molecular weight excluding hydrogens is 472 g/mol. The van der Waals surface area contributed by atoms with Crippen LogP contribution in [0.1, 0.15) is 62.0 Å². The van der Waals surface area contributed by atoms with E-state index in [0.717, 1.165) is 46.2 Å². The molecule has 0 bridgehead atoms. The Kier molecular flexibility index (Phi) is 8.05. The maximum absolute atomic E-state index is 12.6. The summed E-state index contributed by atoms with van der Waals surface area (Å²) in [6.45, 7) is 10.9. The van der Waals surface area contributed by atoms with E-state index in [2.05, 4.69) is 48.5 Å². The number of allylic oxidation sites excluding steroid dienone is 2. The van der Waals surface area contributed by atoms with Crippen LogP contribution in [0.3, 0.4) is 0 Å². The number of likely N-dealkylation sites (tertiary alicyclic amines) is 1. The molecule has 4 rings (SSSR count). The minimum atomic E-state index is -0.509. The summed E-state index contributed by atoms with van der Waals surface area (Å²) < 4.78 is 5.57. The van der Waals surface area contributed by atoms with E-state index >= 15 is 0 Å². The minimum Gasteiger partial charge on any atom is -0.444 e. The second kappa shape index (κ2) is 11.3. The predicted octanol–water partition coefficient (Wildman–Crippen LogP) is 7.48. The van der Waals surface area contributed by atoms with Gasteiger partial charge in [-0.1, -0.05) is 60.7 Å². The van der Waals surface area contributed by atoms with Crippen LogP contribution in [0, 0.1) is 12.8 Å². The molecule has 38 heavy (non-hydrogen) atoms. The average molecular weight is 511 g/mol. The highest BCUT2D eigenvalue weighted by Gasteiger charge is 2.29. The third-order valence-electron chi connectivity index (χ3n) is 7.21. The fourth-order valence-corrected chi connectivity index (χ4v) is 5.23. The van der Waals surface area contributed by atoms with Crippen molar-refractivity contribution in [3.05, 3.63) is 89.5 Å². The second-order valence-electron chi connectivity index (χ2n) is 11.0. The van der Waals surface area contributed by atoms with Gasteiger partial charge in [0.1, 0.15) is 5.60 Å². The summed E-state index contributed by atoms with van der Waals surface area (Å²) in [6.07, 6.45) is 3.55. The molecule has 0 saturated carbocycles. The molecule has 1 heterocycles. The van der Waals surface area contributed by atoms with Crippen molar-refractivity contribution in [2.75, 3.05) is 13.1 Å². The lowest BCUT2D eigenvalue weighted by molar-refractivity contribution is 0.0199. The van der Waals surface area contributed by atoms with Crippen molar-refractivity contribution in [2.45, 2.75) is 53.1 Å². The van der Waals surface area contributed by atoms with Crippen LogP contribution >= 0.6 is 0 Å². The first-order chi connectivity index (χ1) is 18.1. The number of hydrogen-bond donors (Lipinski definition) is 1. The fourth-order valence-electron chi connectivity index (χ4n) is 5.23. The van der Waals surface area contributed by atoms with Gasteiger partial charge in [-0.2, -0.15) is 0 Å². The van der Waals surface area contributed by atoms with Gasteiger partial charge in [-0.15, -0.1) is 0 Å². The number of amides is 2. The van der Waals surface area contributed by atoms with Crippen LogP contribution in [-0.4, -0.2) is 35.6 Å². The summed E-state index contributed by atoms with van der Waals surface area (Å²) in [7, 11) is 0. The molecule has 1 fully saturated rings. The number of primary amides is 1. The molecule has 2 amide bonds. The number of nitrogens with two attached hydrogens (primary N) is 1. The van der Waals surface area contributed by atoms with Crippen LogP contribution in [0.4, 0.5) is 4.79 Å². The Balaban J connectivity index is 1.62. The summed E-state index contributed by atoms with van der Waals surface area (Å²) in [5, 5.41) is 0. The highest BCUT2D eigenvalue weighted by molar-refractivity contribution is 5.97. The van der Waals surface area contributed by atoms with Gasteiger partial charge in [0.2, 0.25) is 5.91 Å². The quantitative estimate of drug-likeness (QED) is 0.387. The lowest BCUT2D eigenvalue weighted by Gasteiger charge is -2.35. The van der Waals surface area contributed by atoms with Gasteiger partial charge in [0.25, 0.3) is 0 Å². The fraction of sp³-hybridized carbons (Fsp3) is 0.333. The highest BCUT2D eigenvalue weighted by Crippen LogP contribution is 2.37. The van der Waals surface area contributed by atoms with Gasteiger partial charge in [0.05, 0.1) is 0 Å². The zero-order chi connectivity index (χ0) is 27.4. The largest absolute Gasteiger partial charge is 0.444 e. The SMILES string of the molecule is C/C=C(\c1cc(-c2ccc(-c3ccccc3)cc2)cc(C(N)=O)c1C)C1CCN(C(=O)OC(C)(C)C)CC1. The van der Waals surface area contributed by atoms with Crippen molar-refractivity contribution < 1.29 is 14.3 Å². The van der Waals surface area contributed by atoms with E-state index in [0.29, 0.717) is 18.7 Å². The third kappa shape index (κ3) is 6.16. The second-order valence-corrected chi connectivity index (χ2v) is 11.0. The van der Waals surface area contributed by atoms with Gasteiger partial charge in [0.15, 0.2) is 0 Å². The minimum absolute atomic E-state index is 0.258. The Morgan fingerprint density at radius 3 is 1.92 bits per heavy atom. The van der Waals surface area contributed by atoms with Crippen LogP contribution in [0.5, 0.6) is 0 Å². The molecule has 3 aromatic rings. The zero-order valence-corrected chi connectivity index (χ0v) is 23.1. The number of hydrogen-bond acceptors (Lipinski definition) is 3. The van der Waals surface area contributed by atoms with E-state index in [1.54, 1.807) is 4.90 Å². The standard InChI is InChI=1S/C33H38N2O3/c1-6-28(26-16-18-35(19-17-26)32(37)38-33(3,4)5)29-20-27(21-30(22(29)2)31(34)36)25-14-12-24(13-15-25)23-10-8-7-9-11-23/h6-15,20-21,26H,16-19H2,1-5H3,(H2,34,36)/b28-6-. The maximum atomic E-state index is 12.6. The monoisotopic (exact) mass is 510 g/mol. The molecule has 3 aromatic carbocycles. The van der Waals surface area contributed by atoms with Crippen molar-refractivity contribution in [2.24, 2.45) is 11.7 Å². The van der Waals surface area contributed by atoms with Crippen molar-refractivity contribution in [1.82, 2.24) is 4.90 Å². The molecule has 1 saturated heterocycles. The molecule has 2 N–H and O–H groups in total. The molecule has 0 aromatic heterocycles. The van der Waals surface area contributed by atoms with Gasteiger partial charge >= 0.3 is 6.09 Å². The summed E-state index contributed by atoms with van der Waals surface area (Å²) in [5.41, 5.74) is 13.3. The van der Waals surface area contributed by atoms with E-state index in [4.69, 9.17) is 10.5 Å². The number of rotatable bonds is 5. The molecule has 198 valence electrons. The highest BCUT2D eigenvalue weighted by atomic mass is 16.6. The first-order valence-corrected chi connectivity index (χ1v) is 13.3. The van der Waals surface area contributed by atoms with Gasteiger partial charge in [-0.25, -0.2) is 4.79 Å². The average Bonchev–Trinajstić information content (AvgIpc) is 2.90. The van der Waals surface area contributed by atoms with Gasteiger partial charge < -0.3 is 15.4 Å². The molecule has 0 radical (unpaired) electrons. The van der Waals surface area contributed by atoms with Crippen molar-refractivity contribution in [1.29, 1.82) is 0 Å². The van der Waals surface area contributed by atoms with Crippen LogP contribution in [0.25, 0.3) is 27.8 Å². The lowest BCUT2D eigenvalue weighted by atomic mass is 9.81. The topological polar surface area (TPSA) is 72.6 Å². The van der Waals surface area contributed by atoms with Gasteiger partial charge in [-0.3, -0.25) is 4.79 Å². The molecule has 1 aliphatic rings. The summed E-state index contributed by atoms with van der Waals surface area (Å²) in [4.78, 5) is 26.8. The summed E-state index contributed by atoms with van der Waals surface area (Å²) in [5.74, 6) is -0.157. The predicted molar refractivity (Wildman–Crippen MR) is 155 cm³/mol. The number of carbonyl (C=O) groups is 2. The Hall–Kier alpha value is -3.86. The Labute approximate surface area is 226 Å². The molecule has 1 aliphatic heterocycles. The van der Waals surface area contributed by atoms with Gasteiger partial charge in [-0.05, 0) is 104 Å². The molecular formula is C33H38N2O3. The Bertz CT molecular complexity index is 1330. The third-order valence-corrected chi connectivity index (χ3v) is 7.21. The molecule has 5 heteroatoms. The normalized spacial score (nSPS) is 14.9. The van der Waals surface area contributed by atoms with Crippen LogP contribution < -0.4 is 5.73 Å². The van der Waals surface area contributed by atoms with E-state index in [1.165, 1.54) is 5.57 Å². The smallest absolute Gasteiger partial charge is 0.410 e. The molecule has 5 nitrogen and oxygen atoms in total.